The number of rotatable bonds is 8. The van der Waals surface area contributed by atoms with E-state index in [9.17, 15) is 4.79 Å². The van der Waals surface area contributed by atoms with Gasteiger partial charge in [-0.1, -0.05) is 0 Å². The average Bonchev–Trinajstić information content (AvgIpc) is 3.05. The van der Waals surface area contributed by atoms with Crippen LogP contribution in [0.25, 0.3) is 0 Å². The van der Waals surface area contributed by atoms with E-state index in [-0.39, 0.29) is 12.1 Å². The molecule has 0 aliphatic carbocycles. The van der Waals surface area contributed by atoms with E-state index in [0.717, 1.165) is 32.4 Å². The van der Waals surface area contributed by atoms with Crippen molar-refractivity contribution >= 4 is 6.03 Å². The molecule has 0 radical (unpaired) electrons. The van der Waals surface area contributed by atoms with Gasteiger partial charge in [0.15, 0.2) is 0 Å². The van der Waals surface area contributed by atoms with E-state index in [0.29, 0.717) is 19.6 Å². The molecule has 2 rings (SSSR count). The largest absolute Gasteiger partial charge is 0.376 e. The SMILES string of the molecule is CN(C)CCN(C[C@@H]1CCCO1)C(=O)NCCc1ccncc1. The molecule has 1 fully saturated rings. The molecule has 128 valence electrons. The lowest BCUT2D eigenvalue weighted by Crippen LogP contribution is -2.46. The molecule has 0 saturated carbocycles. The molecule has 6 heteroatoms. The number of urea groups is 1. The molecule has 1 aliphatic rings. The number of nitrogens with zero attached hydrogens (tertiary/aromatic N) is 3. The molecule has 0 aromatic carbocycles. The zero-order valence-electron chi connectivity index (χ0n) is 14.2. The van der Waals surface area contributed by atoms with Gasteiger partial charge in [0.2, 0.25) is 0 Å². The van der Waals surface area contributed by atoms with E-state index in [2.05, 4.69) is 15.2 Å². The van der Waals surface area contributed by atoms with Crippen molar-refractivity contribution in [3.8, 4) is 0 Å². The third-order valence-corrected chi connectivity index (χ3v) is 3.99. The summed E-state index contributed by atoms with van der Waals surface area (Å²) in [5.41, 5.74) is 1.18. The van der Waals surface area contributed by atoms with Gasteiger partial charge in [-0.05, 0) is 51.1 Å². The molecule has 1 aromatic rings. The van der Waals surface area contributed by atoms with E-state index < -0.39 is 0 Å². The standard InChI is InChI=1S/C17H28N4O2/c1-20(2)11-12-21(14-16-4-3-13-23-16)17(22)19-10-7-15-5-8-18-9-6-15/h5-6,8-9,16H,3-4,7,10-14H2,1-2H3,(H,19,22)/t16-/m0/s1. The zero-order chi connectivity index (χ0) is 16.5. The maximum Gasteiger partial charge on any atom is 0.317 e. The van der Waals surface area contributed by atoms with Crippen molar-refractivity contribution in [1.29, 1.82) is 0 Å². The maximum atomic E-state index is 12.5. The Balaban J connectivity index is 1.79. The van der Waals surface area contributed by atoms with Gasteiger partial charge in [0.1, 0.15) is 0 Å². The van der Waals surface area contributed by atoms with Gasteiger partial charge in [-0.15, -0.1) is 0 Å². The molecule has 1 saturated heterocycles. The van der Waals surface area contributed by atoms with Crippen LogP contribution in [0.15, 0.2) is 24.5 Å². The van der Waals surface area contributed by atoms with Crippen LogP contribution in [0.3, 0.4) is 0 Å². The molecular formula is C17H28N4O2. The van der Waals surface area contributed by atoms with Crippen LogP contribution in [0, 0.1) is 0 Å². The molecule has 1 aromatic heterocycles. The first-order valence-electron chi connectivity index (χ1n) is 8.33. The number of nitrogens with one attached hydrogen (secondary N) is 1. The molecule has 6 nitrogen and oxygen atoms in total. The number of aromatic nitrogens is 1. The third-order valence-electron chi connectivity index (χ3n) is 3.99. The summed E-state index contributed by atoms with van der Waals surface area (Å²) >= 11 is 0. The Kier molecular flexibility index (Phi) is 7.29. The van der Waals surface area contributed by atoms with E-state index in [1.165, 1.54) is 5.56 Å². The minimum Gasteiger partial charge on any atom is -0.376 e. The molecule has 1 N–H and O–H groups in total. The number of carbonyl (C=O) groups excluding carboxylic acids is 1. The van der Waals surface area contributed by atoms with Gasteiger partial charge in [0.05, 0.1) is 6.10 Å². The smallest absolute Gasteiger partial charge is 0.317 e. The second-order valence-corrected chi connectivity index (χ2v) is 6.22. The lowest BCUT2D eigenvalue weighted by atomic mass is 10.2. The Hall–Kier alpha value is -1.66. The highest BCUT2D eigenvalue weighted by Crippen LogP contribution is 2.13. The highest BCUT2D eigenvalue weighted by atomic mass is 16.5. The Bertz CT molecular complexity index is 461. The summed E-state index contributed by atoms with van der Waals surface area (Å²) in [6.45, 7) is 3.69. The number of amides is 2. The zero-order valence-corrected chi connectivity index (χ0v) is 14.2. The quantitative estimate of drug-likeness (QED) is 0.786. The second-order valence-electron chi connectivity index (χ2n) is 6.22. The molecule has 23 heavy (non-hydrogen) atoms. The summed E-state index contributed by atoms with van der Waals surface area (Å²) in [5, 5.41) is 3.02. The Morgan fingerprint density at radius 3 is 2.78 bits per heavy atom. The molecule has 2 amide bonds. The summed E-state index contributed by atoms with van der Waals surface area (Å²) in [5.74, 6) is 0. The van der Waals surface area contributed by atoms with Crippen LogP contribution in [0.2, 0.25) is 0 Å². The second kappa shape index (κ2) is 9.47. The van der Waals surface area contributed by atoms with Crippen LogP contribution in [0.1, 0.15) is 18.4 Å². The number of pyridine rings is 1. The van der Waals surface area contributed by atoms with Gasteiger partial charge < -0.3 is 19.9 Å². The topological polar surface area (TPSA) is 57.7 Å². The monoisotopic (exact) mass is 320 g/mol. The van der Waals surface area contributed by atoms with E-state index in [1.54, 1.807) is 12.4 Å². The average molecular weight is 320 g/mol. The molecule has 1 aliphatic heterocycles. The summed E-state index contributed by atoms with van der Waals surface area (Å²) in [7, 11) is 4.04. The van der Waals surface area contributed by atoms with Gasteiger partial charge in [-0.25, -0.2) is 4.79 Å². The molecule has 0 bridgehead atoms. The lowest BCUT2D eigenvalue weighted by Gasteiger charge is -2.27. The van der Waals surface area contributed by atoms with Gasteiger partial charge in [0.25, 0.3) is 0 Å². The van der Waals surface area contributed by atoms with Crippen molar-refractivity contribution in [3.05, 3.63) is 30.1 Å². The predicted molar refractivity (Wildman–Crippen MR) is 90.4 cm³/mol. The van der Waals surface area contributed by atoms with Gasteiger partial charge in [0, 0.05) is 45.2 Å². The van der Waals surface area contributed by atoms with Gasteiger partial charge in [-0.3, -0.25) is 4.98 Å². The number of carbonyl (C=O) groups is 1. The van der Waals surface area contributed by atoms with Crippen molar-refractivity contribution < 1.29 is 9.53 Å². The van der Waals surface area contributed by atoms with Crippen molar-refractivity contribution in [2.24, 2.45) is 0 Å². The minimum atomic E-state index is -0.00333. The van der Waals surface area contributed by atoms with E-state index >= 15 is 0 Å². The van der Waals surface area contributed by atoms with Crippen LogP contribution >= 0.6 is 0 Å². The summed E-state index contributed by atoms with van der Waals surface area (Å²) in [6, 6.07) is 3.95. The maximum absolute atomic E-state index is 12.5. The third kappa shape index (κ3) is 6.54. The van der Waals surface area contributed by atoms with Gasteiger partial charge >= 0.3 is 6.03 Å². The molecule has 2 heterocycles. The van der Waals surface area contributed by atoms with E-state index in [4.69, 9.17) is 4.74 Å². The number of hydrogen-bond donors (Lipinski definition) is 1. The fourth-order valence-corrected chi connectivity index (χ4v) is 2.61. The van der Waals surface area contributed by atoms with Crippen LogP contribution in [-0.4, -0.2) is 73.8 Å². The Morgan fingerprint density at radius 2 is 2.13 bits per heavy atom. The van der Waals surface area contributed by atoms with Crippen LogP contribution in [0.5, 0.6) is 0 Å². The van der Waals surface area contributed by atoms with E-state index in [1.807, 2.05) is 31.1 Å². The summed E-state index contributed by atoms with van der Waals surface area (Å²) < 4.78 is 5.67. The predicted octanol–water partition coefficient (Wildman–Crippen LogP) is 1.38. The Morgan fingerprint density at radius 1 is 1.35 bits per heavy atom. The number of hydrogen-bond acceptors (Lipinski definition) is 4. The lowest BCUT2D eigenvalue weighted by molar-refractivity contribution is 0.0796. The first kappa shape index (κ1) is 17.7. The fourth-order valence-electron chi connectivity index (χ4n) is 2.61. The number of ether oxygens (including phenoxy) is 1. The van der Waals surface area contributed by atoms with Crippen LogP contribution in [0.4, 0.5) is 4.79 Å². The molecular weight excluding hydrogens is 292 g/mol. The minimum absolute atomic E-state index is 0.00333. The number of likely N-dealkylation sites (N-methyl/N-ethyl adjacent to an activating group) is 1. The first-order valence-corrected chi connectivity index (χ1v) is 8.33. The molecule has 0 unspecified atom stereocenters. The van der Waals surface area contributed by atoms with Gasteiger partial charge in [-0.2, -0.15) is 0 Å². The van der Waals surface area contributed by atoms with Crippen LogP contribution in [-0.2, 0) is 11.2 Å². The Labute approximate surface area is 138 Å². The summed E-state index contributed by atoms with van der Waals surface area (Å²) in [6.07, 6.45) is 6.69. The van der Waals surface area contributed by atoms with Crippen molar-refractivity contribution in [1.82, 2.24) is 20.1 Å². The first-order chi connectivity index (χ1) is 11.1. The van der Waals surface area contributed by atoms with Crippen molar-refractivity contribution in [2.75, 3.05) is 46.9 Å². The highest BCUT2D eigenvalue weighted by Gasteiger charge is 2.22. The van der Waals surface area contributed by atoms with Crippen molar-refractivity contribution in [2.45, 2.75) is 25.4 Å². The normalized spacial score (nSPS) is 17.4. The molecule has 1 atom stereocenters. The fraction of sp³-hybridized carbons (Fsp3) is 0.647. The van der Waals surface area contributed by atoms with Crippen molar-refractivity contribution in [3.63, 3.8) is 0 Å². The summed E-state index contributed by atoms with van der Waals surface area (Å²) in [4.78, 5) is 20.4. The highest BCUT2D eigenvalue weighted by molar-refractivity contribution is 5.74. The van der Waals surface area contributed by atoms with Crippen LogP contribution < -0.4 is 5.32 Å². The molecule has 0 spiro atoms.